The average Bonchev–Trinajstić information content (AvgIpc) is 2.76. The molecular formula is C10H11ClN2S2. The van der Waals surface area contributed by atoms with Crippen LogP contribution in [0, 0.1) is 13.8 Å². The molecule has 15 heavy (non-hydrogen) atoms. The molecule has 2 heterocycles. The molecule has 5 heteroatoms. The van der Waals surface area contributed by atoms with Crippen LogP contribution in [-0.4, -0.2) is 10.2 Å². The highest BCUT2D eigenvalue weighted by atomic mass is 35.5. The molecule has 0 aromatic carbocycles. The lowest BCUT2D eigenvalue weighted by Gasteiger charge is -1.94. The van der Waals surface area contributed by atoms with E-state index >= 15 is 0 Å². The summed E-state index contributed by atoms with van der Waals surface area (Å²) in [6.07, 6.45) is 0. The highest BCUT2D eigenvalue weighted by Gasteiger charge is 2.14. The van der Waals surface area contributed by atoms with Crippen molar-refractivity contribution in [3.8, 4) is 10.6 Å². The van der Waals surface area contributed by atoms with Gasteiger partial charge in [0.2, 0.25) is 0 Å². The van der Waals surface area contributed by atoms with E-state index in [9.17, 15) is 0 Å². The first-order valence-electron chi connectivity index (χ1n) is 4.62. The maximum absolute atomic E-state index is 5.96. The number of hydrogen-bond acceptors (Lipinski definition) is 4. The van der Waals surface area contributed by atoms with E-state index in [1.54, 1.807) is 22.7 Å². The van der Waals surface area contributed by atoms with Gasteiger partial charge in [-0.2, -0.15) is 0 Å². The van der Waals surface area contributed by atoms with Crippen molar-refractivity contribution < 1.29 is 0 Å². The summed E-state index contributed by atoms with van der Waals surface area (Å²) in [6.45, 7) is 6.15. The van der Waals surface area contributed by atoms with Crippen LogP contribution in [0.4, 0.5) is 0 Å². The van der Waals surface area contributed by atoms with Crippen molar-refractivity contribution in [2.24, 2.45) is 0 Å². The lowest BCUT2D eigenvalue weighted by molar-refractivity contribution is 0.962. The lowest BCUT2D eigenvalue weighted by atomic mass is 10.2. The number of aryl methyl sites for hydroxylation is 1. The molecule has 80 valence electrons. The first-order chi connectivity index (χ1) is 7.09. The van der Waals surface area contributed by atoms with E-state index in [2.05, 4.69) is 29.4 Å². The molecule has 0 saturated heterocycles. The molecule has 0 radical (unpaired) electrons. The van der Waals surface area contributed by atoms with Crippen molar-refractivity contribution in [1.82, 2.24) is 10.2 Å². The van der Waals surface area contributed by atoms with Gasteiger partial charge in [0.15, 0.2) is 0 Å². The van der Waals surface area contributed by atoms with Crippen LogP contribution in [0.5, 0.6) is 0 Å². The van der Waals surface area contributed by atoms with E-state index in [1.807, 2.05) is 6.92 Å². The molecule has 0 bridgehead atoms. The van der Waals surface area contributed by atoms with E-state index in [4.69, 9.17) is 11.6 Å². The molecule has 0 saturated carbocycles. The number of thiophene rings is 1. The van der Waals surface area contributed by atoms with Gasteiger partial charge in [0.25, 0.3) is 0 Å². The Morgan fingerprint density at radius 1 is 1.33 bits per heavy atom. The van der Waals surface area contributed by atoms with Gasteiger partial charge in [-0.15, -0.1) is 33.1 Å². The SMILES string of the molecule is Cc1scc(-c2nnc(C(C)Cl)s2)c1C. The third kappa shape index (κ3) is 2.07. The summed E-state index contributed by atoms with van der Waals surface area (Å²) in [5, 5.41) is 12.2. The summed E-state index contributed by atoms with van der Waals surface area (Å²) in [4.78, 5) is 1.33. The Labute approximate surface area is 102 Å². The average molecular weight is 259 g/mol. The second-order valence-electron chi connectivity index (χ2n) is 3.39. The number of nitrogens with zero attached hydrogens (tertiary/aromatic N) is 2. The standard InChI is InChI=1S/C10H11ClN2S2/c1-5-7(3)14-4-8(5)10-13-12-9(15-10)6(2)11/h4,6H,1-3H3. The molecule has 0 N–H and O–H groups in total. The van der Waals surface area contributed by atoms with Crippen LogP contribution in [0.15, 0.2) is 5.38 Å². The zero-order valence-electron chi connectivity index (χ0n) is 8.74. The number of rotatable bonds is 2. The summed E-state index contributed by atoms with van der Waals surface area (Å²) in [6, 6.07) is 0. The molecule has 1 atom stereocenters. The second-order valence-corrected chi connectivity index (χ2v) is 6.14. The molecule has 0 fully saturated rings. The topological polar surface area (TPSA) is 25.8 Å². The Balaban J connectivity index is 2.41. The third-order valence-corrected chi connectivity index (χ3v) is 4.79. The minimum Gasteiger partial charge on any atom is -0.148 e. The minimum atomic E-state index is -0.0590. The van der Waals surface area contributed by atoms with Crippen molar-refractivity contribution in [3.05, 3.63) is 20.8 Å². The van der Waals surface area contributed by atoms with E-state index < -0.39 is 0 Å². The first-order valence-corrected chi connectivity index (χ1v) is 6.75. The van der Waals surface area contributed by atoms with Gasteiger partial charge in [-0.05, 0) is 26.3 Å². The van der Waals surface area contributed by atoms with Crippen LogP contribution in [0.1, 0.15) is 27.7 Å². The second kappa shape index (κ2) is 4.20. The molecule has 0 aliphatic carbocycles. The fourth-order valence-electron chi connectivity index (χ4n) is 1.23. The molecule has 2 aromatic heterocycles. The van der Waals surface area contributed by atoms with Gasteiger partial charge >= 0.3 is 0 Å². The fourth-order valence-corrected chi connectivity index (χ4v) is 3.20. The van der Waals surface area contributed by atoms with E-state index in [0.29, 0.717) is 0 Å². The summed E-state index contributed by atoms with van der Waals surface area (Å²) >= 11 is 9.28. The van der Waals surface area contributed by atoms with E-state index in [1.165, 1.54) is 16.0 Å². The summed E-state index contributed by atoms with van der Waals surface area (Å²) in [5.41, 5.74) is 2.49. The number of hydrogen-bond donors (Lipinski definition) is 0. The molecule has 1 unspecified atom stereocenters. The zero-order valence-corrected chi connectivity index (χ0v) is 11.1. The molecule has 0 aliphatic rings. The monoisotopic (exact) mass is 258 g/mol. The minimum absolute atomic E-state index is 0.0590. The van der Waals surface area contributed by atoms with Gasteiger partial charge in [-0.25, -0.2) is 0 Å². The lowest BCUT2D eigenvalue weighted by Crippen LogP contribution is -1.81. The molecule has 0 spiro atoms. The largest absolute Gasteiger partial charge is 0.148 e. The quantitative estimate of drug-likeness (QED) is 0.755. The van der Waals surface area contributed by atoms with Crippen molar-refractivity contribution >= 4 is 34.3 Å². The van der Waals surface area contributed by atoms with Gasteiger partial charge in [0.05, 0.1) is 5.38 Å². The molecular weight excluding hydrogens is 248 g/mol. The molecule has 0 aliphatic heterocycles. The van der Waals surface area contributed by atoms with E-state index in [0.717, 1.165) is 10.0 Å². The maximum atomic E-state index is 5.96. The highest BCUT2D eigenvalue weighted by molar-refractivity contribution is 7.15. The van der Waals surface area contributed by atoms with Crippen molar-refractivity contribution in [2.75, 3.05) is 0 Å². The highest BCUT2D eigenvalue weighted by Crippen LogP contribution is 2.34. The summed E-state index contributed by atoms with van der Waals surface area (Å²) in [5.74, 6) is 0. The van der Waals surface area contributed by atoms with E-state index in [-0.39, 0.29) is 5.38 Å². The number of halogens is 1. The normalized spacial score (nSPS) is 13.1. The van der Waals surface area contributed by atoms with Gasteiger partial charge in [0.1, 0.15) is 10.0 Å². The predicted octanol–water partition coefficient (Wildman–Crippen LogP) is 4.18. The Bertz CT molecular complexity index is 473. The summed E-state index contributed by atoms with van der Waals surface area (Å²) in [7, 11) is 0. The van der Waals surface area contributed by atoms with Gasteiger partial charge in [-0.3, -0.25) is 0 Å². The zero-order chi connectivity index (χ0) is 11.0. The van der Waals surface area contributed by atoms with Crippen molar-refractivity contribution in [3.63, 3.8) is 0 Å². The van der Waals surface area contributed by atoms with Crippen LogP contribution in [0.25, 0.3) is 10.6 Å². The smallest absolute Gasteiger partial charge is 0.148 e. The maximum Gasteiger partial charge on any atom is 0.148 e. The van der Waals surface area contributed by atoms with Crippen LogP contribution in [0.2, 0.25) is 0 Å². The Kier molecular flexibility index (Phi) is 3.09. The van der Waals surface area contributed by atoms with Crippen LogP contribution in [-0.2, 0) is 0 Å². The number of alkyl halides is 1. The molecule has 0 amide bonds. The predicted molar refractivity (Wildman–Crippen MR) is 67.0 cm³/mol. The molecule has 2 nitrogen and oxygen atoms in total. The Hall–Kier alpha value is -0.450. The third-order valence-electron chi connectivity index (χ3n) is 2.30. The van der Waals surface area contributed by atoms with Gasteiger partial charge < -0.3 is 0 Å². The molecule has 2 aromatic rings. The Morgan fingerprint density at radius 3 is 2.53 bits per heavy atom. The Morgan fingerprint density at radius 2 is 2.07 bits per heavy atom. The van der Waals surface area contributed by atoms with Crippen LogP contribution >= 0.6 is 34.3 Å². The van der Waals surface area contributed by atoms with Gasteiger partial charge in [-0.1, -0.05) is 11.3 Å². The fraction of sp³-hybridized carbons (Fsp3) is 0.400. The molecule has 2 rings (SSSR count). The number of aromatic nitrogens is 2. The van der Waals surface area contributed by atoms with Crippen LogP contribution < -0.4 is 0 Å². The van der Waals surface area contributed by atoms with Crippen LogP contribution in [0.3, 0.4) is 0 Å². The van der Waals surface area contributed by atoms with Gasteiger partial charge in [0, 0.05) is 15.8 Å². The summed E-state index contributed by atoms with van der Waals surface area (Å²) < 4.78 is 0. The van der Waals surface area contributed by atoms with Crippen molar-refractivity contribution in [1.29, 1.82) is 0 Å². The van der Waals surface area contributed by atoms with Crippen molar-refractivity contribution in [2.45, 2.75) is 26.1 Å². The first kappa shape index (κ1) is 11.0.